The van der Waals surface area contributed by atoms with Crippen molar-refractivity contribution in [2.24, 2.45) is 5.73 Å². The van der Waals surface area contributed by atoms with Crippen LogP contribution in [0.5, 0.6) is 5.75 Å². The minimum absolute atomic E-state index is 0.0273. The maximum absolute atomic E-state index is 13.5. The standard InChI is InChI=1S/C12H15FN2O2S/c1-3-15(2)10(16)7-17-9-6-4-5-8(13)11(9)12(14)18/h4-6H,3,7H2,1-2H3,(H2,14,18). The molecular formula is C12H15FN2O2S. The molecular weight excluding hydrogens is 255 g/mol. The Morgan fingerprint density at radius 3 is 2.78 bits per heavy atom. The minimum Gasteiger partial charge on any atom is -0.483 e. The van der Waals surface area contributed by atoms with Crippen molar-refractivity contribution >= 4 is 23.1 Å². The second kappa shape index (κ2) is 6.30. The van der Waals surface area contributed by atoms with Crippen molar-refractivity contribution in [3.05, 3.63) is 29.6 Å². The summed E-state index contributed by atoms with van der Waals surface area (Å²) in [6.07, 6.45) is 0. The van der Waals surface area contributed by atoms with Gasteiger partial charge < -0.3 is 15.4 Å². The van der Waals surface area contributed by atoms with Crippen LogP contribution in [0.1, 0.15) is 12.5 Å². The predicted molar refractivity (Wildman–Crippen MR) is 71.1 cm³/mol. The summed E-state index contributed by atoms with van der Waals surface area (Å²) in [4.78, 5) is 13.0. The summed E-state index contributed by atoms with van der Waals surface area (Å²) in [5.41, 5.74) is 5.45. The van der Waals surface area contributed by atoms with Crippen LogP contribution in [0.25, 0.3) is 0 Å². The van der Waals surface area contributed by atoms with E-state index >= 15 is 0 Å². The molecule has 1 rings (SSSR count). The molecule has 0 fully saturated rings. The molecule has 0 spiro atoms. The normalized spacial score (nSPS) is 9.94. The van der Waals surface area contributed by atoms with Crippen LogP contribution >= 0.6 is 12.2 Å². The van der Waals surface area contributed by atoms with Crippen LogP contribution < -0.4 is 10.5 Å². The smallest absolute Gasteiger partial charge is 0.260 e. The van der Waals surface area contributed by atoms with E-state index in [2.05, 4.69) is 0 Å². The monoisotopic (exact) mass is 270 g/mol. The number of nitrogens with two attached hydrogens (primary N) is 1. The Morgan fingerprint density at radius 2 is 2.22 bits per heavy atom. The van der Waals surface area contributed by atoms with Crippen LogP contribution in [0.4, 0.5) is 4.39 Å². The lowest BCUT2D eigenvalue weighted by Gasteiger charge is -2.16. The van der Waals surface area contributed by atoms with Gasteiger partial charge in [0.2, 0.25) is 0 Å². The molecule has 4 nitrogen and oxygen atoms in total. The molecule has 0 atom stereocenters. The Labute approximate surface area is 111 Å². The number of carbonyl (C=O) groups excluding carboxylic acids is 1. The molecule has 0 bridgehead atoms. The van der Waals surface area contributed by atoms with Crippen LogP contribution in [0.3, 0.4) is 0 Å². The zero-order valence-corrected chi connectivity index (χ0v) is 11.1. The SMILES string of the molecule is CCN(C)C(=O)COc1cccc(F)c1C(N)=S. The van der Waals surface area contributed by atoms with Gasteiger partial charge in [-0.25, -0.2) is 4.39 Å². The first kappa shape index (κ1) is 14.4. The quantitative estimate of drug-likeness (QED) is 0.820. The number of benzene rings is 1. The molecule has 0 unspecified atom stereocenters. The molecule has 0 aliphatic carbocycles. The third kappa shape index (κ3) is 3.40. The zero-order chi connectivity index (χ0) is 13.7. The van der Waals surface area contributed by atoms with E-state index in [1.807, 2.05) is 6.92 Å². The van der Waals surface area contributed by atoms with Gasteiger partial charge in [0.25, 0.3) is 5.91 Å². The Morgan fingerprint density at radius 1 is 1.56 bits per heavy atom. The Balaban J connectivity index is 2.83. The number of thiocarbonyl (C=S) groups is 1. The summed E-state index contributed by atoms with van der Waals surface area (Å²) in [5.74, 6) is -0.577. The largest absolute Gasteiger partial charge is 0.483 e. The number of hydrogen-bond acceptors (Lipinski definition) is 3. The van der Waals surface area contributed by atoms with E-state index in [-0.39, 0.29) is 28.8 Å². The van der Waals surface area contributed by atoms with E-state index in [9.17, 15) is 9.18 Å². The zero-order valence-electron chi connectivity index (χ0n) is 10.3. The molecule has 98 valence electrons. The fraction of sp³-hybridized carbons (Fsp3) is 0.333. The molecule has 0 aromatic heterocycles. The molecule has 1 aromatic rings. The van der Waals surface area contributed by atoms with Gasteiger partial charge in [0.1, 0.15) is 16.6 Å². The lowest BCUT2D eigenvalue weighted by atomic mass is 10.2. The number of rotatable bonds is 5. The second-order valence-corrected chi connectivity index (χ2v) is 4.11. The predicted octanol–water partition coefficient (Wildman–Crippen LogP) is 1.32. The maximum Gasteiger partial charge on any atom is 0.260 e. The van der Waals surface area contributed by atoms with Crippen LogP contribution in [-0.2, 0) is 4.79 Å². The van der Waals surface area contributed by atoms with Gasteiger partial charge in [-0.3, -0.25) is 4.79 Å². The number of nitrogens with zero attached hydrogens (tertiary/aromatic N) is 1. The van der Waals surface area contributed by atoms with Gasteiger partial charge >= 0.3 is 0 Å². The van der Waals surface area contributed by atoms with Crippen molar-refractivity contribution in [3.63, 3.8) is 0 Å². The van der Waals surface area contributed by atoms with Crippen molar-refractivity contribution < 1.29 is 13.9 Å². The molecule has 2 N–H and O–H groups in total. The van der Waals surface area contributed by atoms with Crippen LogP contribution in [-0.4, -0.2) is 36.0 Å². The highest BCUT2D eigenvalue weighted by molar-refractivity contribution is 7.80. The molecule has 1 aromatic carbocycles. The van der Waals surface area contributed by atoms with Crippen molar-refractivity contribution in [1.29, 1.82) is 0 Å². The fourth-order valence-corrected chi connectivity index (χ4v) is 1.49. The second-order valence-electron chi connectivity index (χ2n) is 3.67. The first-order valence-electron chi connectivity index (χ1n) is 5.42. The van der Waals surface area contributed by atoms with E-state index in [0.717, 1.165) is 0 Å². The topological polar surface area (TPSA) is 55.6 Å². The molecule has 1 amide bonds. The van der Waals surface area contributed by atoms with E-state index in [4.69, 9.17) is 22.7 Å². The molecule has 0 radical (unpaired) electrons. The molecule has 0 aliphatic heterocycles. The third-order valence-corrected chi connectivity index (χ3v) is 2.68. The van der Waals surface area contributed by atoms with Crippen LogP contribution in [0, 0.1) is 5.82 Å². The summed E-state index contributed by atoms with van der Waals surface area (Å²) in [6.45, 7) is 2.25. The van der Waals surface area contributed by atoms with Gasteiger partial charge in [-0.1, -0.05) is 18.3 Å². The number of hydrogen-bond donors (Lipinski definition) is 1. The lowest BCUT2D eigenvalue weighted by molar-refractivity contribution is -0.131. The van der Waals surface area contributed by atoms with Gasteiger partial charge in [0.05, 0.1) is 5.56 Å². The van der Waals surface area contributed by atoms with E-state index < -0.39 is 5.82 Å². The summed E-state index contributed by atoms with van der Waals surface area (Å²) in [6, 6.07) is 4.23. The van der Waals surface area contributed by atoms with Gasteiger partial charge in [0, 0.05) is 13.6 Å². The highest BCUT2D eigenvalue weighted by Crippen LogP contribution is 2.21. The number of amides is 1. The first-order chi connectivity index (χ1) is 8.47. The number of likely N-dealkylation sites (N-methyl/N-ethyl adjacent to an activating group) is 1. The number of ether oxygens (including phenoxy) is 1. The Kier molecular flexibility index (Phi) is 5.03. The van der Waals surface area contributed by atoms with E-state index in [0.29, 0.717) is 6.54 Å². The molecule has 0 saturated heterocycles. The van der Waals surface area contributed by atoms with Crippen molar-refractivity contribution in [2.45, 2.75) is 6.92 Å². The Bertz CT molecular complexity index is 465. The average Bonchev–Trinajstić information content (AvgIpc) is 2.34. The van der Waals surface area contributed by atoms with Gasteiger partial charge in [-0.05, 0) is 19.1 Å². The van der Waals surface area contributed by atoms with E-state index in [1.165, 1.54) is 23.1 Å². The summed E-state index contributed by atoms with van der Waals surface area (Å²) < 4.78 is 18.8. The van der Waals surface area contributed by atoms with Gasteiger partial charge in [0.15, 0.2) is 6.61 Å². The van der Waals surface area contributed by atoms with Crippen molar-refractivity contribution in [3.8, 4) is 5.75 Å². The first-order valence-corrected chi connectivity index (χ1v) is 5.83. The fourth-order valence-electron chi connectivity index (χ4n) is 1.29. The van der Waals surface area contributed by atoms with Crippen LogP contribution in [0.2, 0.25) is 0 Å². The highest BCUT2D eigenvalue weighted by atomic mass is 32.1. The molecule has 6 heteroatoms. The average molecular weight is 270 g/mol. The van der Waals surface area contributed by atoms with E-state index in [1.54, 1.807) is 7.05 Å². The molecule has 0 saturated carbocycles. The van der Waals surface area contributed by atoms with Crippen LogP contribution in [0.15, 0.2) is 18.2 Å². The minimum atomic E-state index is -0.559. The number of carbonyl (C=O) groups is 1. The third-order valence-electron chi connectivity index (χ3n) is 2.47. The lowest BCUT2D eigenvalue weighted by Crippen LogP contribution is -2.31. The highest BCUT2D eigenvalue weighted by Gasteiger charge is 2.14. The van der Waals surface area contributed by atoms with Crippen molar-refractivity contribution in [1.82, 2.24) is 4.90 Å². The summed E-state index contributed by atoms with van der Waals surface area (Å²) in [5, 5.41) is 0. The molecule has 18 heavy (non-hydrogen) atoms. The number of halogens is 1. The molecule has 0 heterocycles. The van der Waals surface area contributed by atoms with Gasteiger partial charge in [-0.15, -0.1) is 0 Å². The van der Waals surface area contributed by atoms with Gasteiger partial charge in [-0.2, -0.15) is 0 Å². The summed E-state index contributed by atoms with van der Waals surface area (Å²) in [7, 11) is 1.66. The Hall–Kier alpha value is -1.69. The summed E-state index contributed by atoms with van der Waals surface area (Å²) >= 11 is 4.75. The molecule has 0 aliphatic rings. The van der Waals surface area contributed by atoms with Crippen molar-refractivity contribution in [2.75, 3.05) is 20.2 Å². The maximum atomic E-state index is 13.5.